The van der Waals surface area contributed by atoms with Crippen molar-refractivity contribution in [2.24, 2.45) is 0 Å². The molecule has 1 aromatic heterocycles. The molecule has 0 radical (unpaired) electrons. The molecule has 0 aliphatic carbocycles. The van der Waals surface area contributed by atoms with Crippen LogP contribution in [-0.2, 0) is 4.79 Å². The van der Waals surface area contributed by atoms with E-state index in [4.69, 9.17) is 5.11 Å². The molecular formula is C11H9N3O3. The molecule has 0 spiro atoms. The number of aromatic nitrogens is 2. The predicted octanol–water partition coefficient (Wildman–Crippen LogP) is 0.444. The van der Waals surface area contributed by atoms with Gasteiger partial charge in [-0.1, -0.05) is 12.1 Å². The van der Waals surface area contributed by atoms with E-state index in [9.17, 15) is 9.59 Å². The number of aliphatic carboxylic acids is 1. The highest BCUT2D eigenvalue weighted by atomic mass is 16.4. The minimum atomic E-state index is -1.10. The normalized spacial score (nSPS) is 10.1. The first-order chi connectivity index (χ1) is 8.16. The van der Waals surface area contributed by atoms with Crippen molar-refractivity contribution in [3.05, 3.63) is 36.2 Å². The monoisotopic (exact) mass is 231 g/mol. The first-order valence-corrected chi connectivity index (χ1v) is 4.88. The van der Waals surface area contributed by atoms with E-state index in [1.807, 2.05) is 6.07 Å². The number of rotatable bonds is 3. The van der Waals surface area contributed by atoms with Crippen LogP contribution in [0.15, 0.2) is 30.5 Å². The number of carboxylic acids is 1. The summed E-state index contributed by atoms with van der Waals surface area (Å²) in [4.78, 5) is 30.0. The Bertz CT molecular complexity index is 583. The fraction of sp³-hybridized carbons (Fsp3) is 0.0909. The summed E-state index contributed by atoms with van der Waals surface area (Å²) < 4.78 is 0. The zero-order chi connectivity index (χ0) is 12.3. The number of amides is 1. The summed E-state index contributed by atoms with van der Waals surface area (Å²) in [5.74, 6) is -1.65. The summed E-state index contributed by atoms with van der Waals surface area (Å²) in [7, 11) is 0. The van der Waals surface area contributed by atoms with Gasteiger partial charge in [-0.2, -0.15) is 0 Å². The lowest BCUT2D eigenvalue weighted by Gasteiger charge is -2.02. The average molecular weight is 231 g/mol. The summed E-state index contributed by atoms with van der Waals surface area (Å²) in [6.07, 6.45) is 1.32. The molecule has 17 heavy (non-hydrogen) atoms. The zero-order valence-corrected chi connectivity index (χ0v) is 8.75. The minimum absolute atomic E-state index is 0.102. The molecule has 6 heteroatoms. The molecule has 6 nitrogen and oxygen atoms in total. The fourth-order valence-electron chi connectivity index (χ4n) is 1.31. The smallest absolute Gasteiger partial charge is 0.322 e. The van der Waals surface area contributed by atoms with Crippen molar-refractivity contribution in [2.45, 2.75) is 0 Å². The van der Waals surface area contributed by atoms with Gasteiger partial charge in [0.25, 0.3) is 5.91 Å². The Kier molecular flexibility index (Phi) is 2.95. The lowest BCUT2D eigenvalue weighted by Crippen LogP contribution is -2.29. The Labute approximate surface area is 96.3 Å². The van der Waals surface area contributed by atoms with Gasteiger partial charge in [0.15, 0.2) is 0 Å². The van der Waals surface area contributed by atoms with Crippen molar-refractivity contribution in [1.29, 1.82) is 0 Å². The van der Waals surface area contributed by atoms with Crippen LogP contribution in [0.3, 0.4) is 0 Å². The Morgan fingerprint density at radius 2 is 1.94 bits per heavy atom. The molecule has 2 N–H and O–H groups in total. The van der Waals surface area contributed by atoms with Gasteiger partial charge in [0, 0.05) is 0 Å². The van der Waals surface area contributed by atoms with Crippen molar-refractivity contribution in [1.82, 2.24) is 15.3 Å². The maximum atomic E-state index is 11.5. The van der Waals surface area contributed by atoms with E-state index in [-0.39, 0.29) is 5.69 Å². The van der Waals surface area contributed by atoms with Crippen molar-refractivity contribution in [3.8, 4) is 0 Å². The van der Waals surface area contributed by atoms with E-state index >= 15 is 0 Å². The van der Waals surface area contributed by atoms with Gasteiger partial charge in [-0.15, -0.1) is 0 Å². The number of hydrogen-bond acceptors (Lipinski definition) is 4. The predicted molar refractivity (Wildman–Crippen MR) is 59.5 cm³/mol. The maximum absolute atomic E-state index is 11.5. The van der Waals surface area contributed by atoms with E-state index in [1.54, 1.807) is 18.2 Å². The summed E-state index contributed by atoms with van der Waals surface area (Å²) in [6.45, 7) is -0.437. The maximum Gasteiger partial charge on any atom is 0.322 e. The molecular weight excluding hydrogens is 222 g/mol. The van der Waals surface area contributed by atoms with E-state index in [2.05, 4.69) is 15.3 Å². The van der Waals surface area contributed by atoms with Gasteiger partial charge in [0.05, 0.1) is 17.2 Å². The first-order valence-electron chi connectivity index (χ1n) is 4.88. The van der Waals surface area contributed by atoms with Crippen molar-refractivity contribution < 1.29 is 14.7 Å². The van der Waals surface area contributed by atoms with Crippen LogP contribution >= 0.6 is 0 Å². The third kappa shape index (κ3) is 2.54. The number of benzene rings is 1. The van der Waals surface area contributed by atoms with Gasteiger partial charge < -0.3 is 10.4 Å². The van der Waals surface area contributed by atoms with Gasteiger partial charge in [-0.05, 0) is 12.1 Å². The highest BCUT2D eigenvalue weighted by Crippen LogP contribution is 2.08. The van der Waals surface area contributed by atoms with Crippen molar-refractivity contribution in [3.63, 3.8) is 0 Å². The number of para-hydroxylation sites is 2. The molecule has 86 valence electrons. The molecule has 1 amide bonds. The van der Waals surface area contributed by atoms with Crippen LogP contribution < -0.4 is 5.32 Å². The lowest BCUT2D eigenvalue weighted by atomic mass is 10.3. The highest BCUT2D eigenvalue weighted by molar-refractivity contribution is 5.95. The molecule has 0 saturated heterocycles. The van der Waals surface area contributed by atoms with Gasteiger partial charge in [0.2, 0.25) is 0 Å². The SMILES string of the molecule is O=C(O)CNC(=O)c1cnc2ccccc2n1. The van der Waals surface area contributed by atoms with E-state index in [0.29, 0.717) is 11.0 Å². The topological polar surface area (TPSA) is 92.2 Å². The number of carbonyl (C=O) groups is 2. The Morgan fingerprint density at radius 1 is 1.24 bits per heavy atom. The summed E-state index contributed by atoms with van der Waals surface area (Å²) >= 11 is 0. The second kappa shape index (κ2) is 4.56. The largest absolute Gasteiger partial charge is 0.480 e. The molecule has 0 bridgehead atoms. The second-order valence-electron chi connectivity index (χ2n) is 3.32. The van der Waals surface area contributed by atoms with Gasteiger partial charge >= 0.3 is 5.97 Å². The van der Waals surface area contributed by atoms with Gasteiger partial charge in [-0.25, -0.2) is 4.98 Å². The van der Waals surface area contributed by atoms with Crippen LogP contribution in [0.5, 0.6) is 0 Å². The Hall–Kier alpha value is -2.50. The van der Waals surface area contributed by atoms with E-state index in [1.165, 1.54) is 6.20 Å². The molecule has 0 unspecified atom stereocenters. The van der Waals surface area contributed by atoms with Crippen LogP contribution in [0.4, 0.5) is 0 Å². The van der Waals surface area contributed by atoms with Gasteiger partial charge in [-0.3, -0.25) is 14.6 Å². The summed E-state index contributed by atoms with van der Waals surface area (Å²) in [5, 5.41) is 10.7. The Morgan fingerprint density at radius 3 is 2.65 bits per heavy atom. The quantitative estimate of drug-likeness (QED) is 0.799. The van der Waals surface area contributed by atoms with E-state index in [0.717, 1.165) is 0 Å². The van der Waals surface area contributed by atoms with Crippen molar-refractivity contribution in [2.75, 3.05) is 6.54 Å². The molecule has 2 aromatic rings. The van der Waals surface area contributed by atoms with Crippen LogP contribution in [0.25, 0.3) is 11.0 Å². The first kappa shape index (κ1) is 11.0. The zero-order valence-electron chi connectivity index (χ0n) is 8.75. The summed E-state index contributed by atoms with van der Waals surface area (Å²) in [5.41, 5.74) is 1.38. The number of hydrogen-bond donors (Lipinski definition) is 2. The molecule has 0 aliphatic heterocycles. The number of fused-ring (bicyclic) bond motifs is 1. The van der Waals surface area contributed by atoms with Crippen LogP contribution in [0, 0.1) is 0 Å². The van der Waals surface area contributed by atoms with E-state index < -0.39 is 18.4 Å². The van der Waals surface area contributed by atoms with Gasteiger partial charge in [0.1, 0.15) is 12.2 Å². The van der Waals surface area contributed by atoms with Crippen LogP contribution in [0.2, 0.25) is 0 Å². The average Bonchev–Trinajstić information content (AvgIpc) is 2.35. The van der Waals surface area contributed by atoms with Crippen LogP contribution in [0.1, 0.15) is 10.5 Å². The van der Waals surface area contributed by atoms with Crippen molar-refractivity contribution >= 4 is 22.9 Å². The third-order valence-electron chi connectivity index (χ3n) is 2.08. The molecule has 1 aromatic carbocycles. The Balaban J connectivity index is 2.24. The lowest BCUT2D eigenvalue weighted by molar-refractivity contribution is -0.135. The highest BCUT2D eigenvalue weighted by Gasteiger charge is 2.09. The molecule has 1 heterocycles. The molecule has 0 atom stereocenters. The second-order valence-corrected chi connectivity index (χ2v) is 3.32. The number of carbonyl (C=O) groups excluding carboxylic acids is 1. The summed E-state index contributed by atoms with van der Waals surface area (Å²) in [6, 6.07) is 7.12. The molecule has 0 fully saturated rings. The fourth-order valence-corrected chi connectivity index (χ4v) is 1.31. The number of nitrogens with zero attached hydrogens (tertiary/aromatic N) is 2. The standard InChI is InChI=1S/C11H9N3O3/c15-10(16)6-13-11(17)9-5-12-7-3-1-2-4-8(7)14-9/h1-5H,6H2,(H,13,17)(H,15,16). The third-order valence-corrected chi connectivity index (χ3v) is 2.08. The molecule has 2 rings (SSSR count). The van der Waals surface area contributed by atoms with Crippen LogP contribution in [-0.4, -0.2) is 33.5 Å². The number of carboxylic acid groups (broad SMARTS) is 1. The molecule has 0 aliphatic rings. The minimum Gasteiger partial charge on any atom is -0.480 e. The molecule has 0 saturated carbocycles. The number of nitrogens with one attached hydrogen (secondary N) is 1.